The largest absolute Gasteiger partial charge is 0.293 e. The predicted molar refractivity (Wildman–Crippen MR) is 67.8 cm³/mol. The Labute approximate surface area is 116 Å². The minimum Gasteiger partial charge on any atom is -0.293 e. The van der Waals surface area contributed by atoms with E-state index in [0.717, 1.165) is 42.1 Å². The Morgan fingerprint density at radius 3 is 2.30 bits per heavy atom. The third-order valence-corrected chi connectivity index (χ3v) is 3.48. The van der Waals surface area contributed by atoms with Crippen molar-refractivity contribution in [3.05, 3.63) is 65.2 Å². The van der Waals surface area contributed by atoms with Crippen LogP contribution in [0.15, 0.2) is 41.3 Å². The molecule has 0 spiro atoms. The van der Waals surface area contributed by atoms with Gasteiger partial charge in [0.15, 0.2) is 17.4 Å². The number of rotatable bonds is 4. The topological polar surface area (TPSA) is 17.1 Å². The Hall–Kier alpha value is -1.82. The van der Waals surface area contributed by atoms with Crippen LogP contribution in [0.25, 0.3) is 0 Å². The van der Waals surface area contributed by atoms with Crippen LogP contribution in [0.3, 0.4) is 0 Å². The van der Waals surface area contributed by atoms with E-state index in [0.29, 0.717) is 4.90 Å². The first-order chi connectivity index (χ1) is 9.47. The van der Waals surface area contributed by atoms with Crippen LogP contribution in [0.1, 0.15) is 10.4 Å². The second kappa shape index (κ2) is 6.09. The van der Waals surface area contributed by atoms with Gasteiger partial charge in [-0.1, -0.05) is 0 Å². The maximum atomic E-state index is 13.4. The lowest BCUT2D eigenvalue weighted by molar-refractivity contribution is 0.101. The molecule has 2 aromatic rings. The molecule has 0 aliphatic heterocycles. The lowest BCUT2D eigenvalue weighted by atomic mass is 10.1. The highest BCUT2D eigenvalue weighted by Gasteiger charge is 2.13. The standard InChI is InChI=1S/C14H8F4OS/c15-8-1-3-11(16)10(5-8)14(19)7-20-9-2-4-12(17)13(18)6-9/h1-6H,7H2. The van der Waals surface area contributed by atoms with Gasteiger partial charge in [0, 0.05) is 4.90 Å². The first kappa shape index (κ1) is 14.6. The third-order valence-electron chi connectivity index (χ3n) is 2.49. The highest BCUT2D eigenvalue weighted by molar-refractivity contribution is 8.00. The van der Waals surface area contributed by atoms with Gasteiger partial charge in [-0.2, -0.15) is 0 Å². The fraction of sp³-hybridized carbons (Fsp3) is 0.0714. The van der Waals surface area contributed by atoms with Gasteiger partial charge in [-0.3, -0.25) is 4.79 Å². The molecule has 104 valence electrons. The van der Waals surface area contributed by atoms with Crippen LogP contribution in [0.5, 0.6) is 0 Å². The van der Waals surface area contributed by atoms with Crippen LogP contribution in [-0.4, -0.2) is 11.5 Å². The summed E-state index contributed by atoms with van der Waals surface area (Å²) in [5.41, 5.74) is -0.361. The number of carbonyl (C=O) groups excluding carboxylic acids is 1. The van der Waals surface area contributed by atoms with Gasteiger partial charge < -0.3 is 0 Å². The predicted octanol–water partition coefficient (Wildman–Crippen LogP) is 4.22. The van der Waals surface area contributed by atoms with Gasteiger partial charge in [0.25, 0.3) is 0 Å². The SMILES string of the molecule is O=C(CSc1ccc(F)c(F)c1)c1cc(F)ccc1F. The van der Waals surface area contributed by atoms with E-state index in [1.165, 1.54) is 6.07 Å². The average Bonchev–Trinajstić information content (AvgIpc) is 2.42. The van der Waals surface area contributed by atoms with Crippen LogP contribution >= 0.6 is 11.8 Å². The molecule has 0 fully saturated rings. The number of halogens is 4. The quantitative estimate of drug-likeness (QED) is 0.478. The van der Waals surface area contributed by atoms with Crippen LogP contribution < -0.4 is 0 Å². The van der Waals surface area contributed by atoms with Gasteiger partial charge in [0.1, 0.15) is 11.6 Å². The molecule has 0 heterocycles. The fourth-order valence-corrected chi connectivity index (χ4v) is 2.31. The third kappa shape index (κ3) is 3.39. The molecular weight excluding hydrogens is 292 g/mol. The molecule has 0 aliphatic rings. The summed E-state index contributed by atoms with van der Waals surface area (Å²) in [6.07, 6.45) is 0. The summed E-state index contributed by atoms with van der Waals surface area (Å²) < 4.78 is 52.0. The summed E-state index contributed by atoms with van der Waals surface area (Å²) in [6, 6.07) is 5.77. The summed E-state index contributed by atoms with van der Waals surface area (Å²) >= 11 is 0.915. The lowest BCUT2D eigenvalue weighted by Gasteiger charge is -2.04. The molecule has 6 heteroatoms. The van der Waals surface area contributed by atoms with Crippen molar-refractivity contribution in [1.29, 1.82) is 0 Å². The molecule has 0 aliphatic carbocycles. The van der Waals surface area contributed by atoms with E-state index in [9.17, 15) is 22.4 Å². The second-order valence-corrected chi connectivity index (χ2v) is 4.96. The Morgan fingerprint density at radius 1 is 0.900 bits per heavy atom. The zero-order valence-electron chi connectivity index (χ0n) is 10.00. The van der Waals surface area contributed by atoms with Gasteiger partial charge in [-0.25, -0.2) is 17.6 Å². The number of thioether (sulfide) groups is 1. The number of benzene rings is 2. The van der Waals surface area contributed by atoms with E-state index in [-0.39, 0.29) is 11.3 Å². The molecule has 0 radical (unpaired) electrons. The van der Waals surface area contributed by atoms with E-state index in [1.54, 1.807) is 0 Å². The number of ketones is 1. The molecule has 20 heavy (non-hydrogen) atoms. The summed E-state index contributed by atoms with van der Waals surface area (Å²) in [7, 11) is 0. The number of hydrogen-bond acceptors (Lipinski definition) is 2. The van der Waals surface area contributed by atoms with Crippen molar-refractivity contribution in [3.8, 4) is 0 Å². The first-order valence-electron chi connectivity index (χ1n) is 5.53. The fourth-order valence-electron chi connectivity index (χ4n) is 1.50. The van der Waals surface area contributed by atoms with E-state index in [2.05, 4.69) is 0 Å². The lowest BCUT2D eigenvalue weighted by Crippen LogP contribution is -2.06. The van der Waals surface area contributed by atoms with Crippen molar-refractivity contribution in [2.24, 2.45) is 0 Å². The van der Waals surface area contributed by atoms with Crippen LogP contribution in [-0.2, 0) is 0 Å². The molecule has 0 amide bonds. The number of carbonyl (C=O) groups is 1. The number of Topliss-reactive ketones (excluding diaryl/α,β-unsaturated/α-hetero) is 1. The van der Waals surface area contributed by atoms with Crippen molar-refractivity contribution in [3.63, 3.8) is 0 Å². The van der Waals surface area contributed by atoms with Gasteiger partial charge >= 0.3 is 0 Å². The molecule has 0 saturated heterocycles. The zero-order chi connectivity index (χ0) is 14.7. The average molecular weight is 300 g/mol. The molecule has 2 aromatic carbocycles. The van der Waals surface area contributed by atoms with Crippen LogP contribution in [0.2, 0.25) is 0 Å². The molecule has 1 nitrogen and oxygen atoms in total. The molecule has 0 atom stereocenters. The van der Waals surface area contributed by atoms with Crippen molar-refractivity contribution in [2.75, 3.05) is 5.75 Å². The van der Waals surface area contributed by atoms with Crippen molar-refractivity contribution < 1.29 is 22.4 Å². The summed E-state index contributed by atoms with van der Waals surface area (Å²) in [4.78, 5) is 12.1. The first-order valence-corrected chi connectivity index (χ1v) is 6.52. The molecule has 0 aromatic heterocycles. The Bertz CT molecular complexity index is 658. The zero-order valence-corrected chi connectivity index (χ0v) is 10.8. The molecule has 0 bridgehead atoms. The monoisotopic (exact) mass is 300 g/mol. The Balaban J connectivity index is 2.08. The Morgan fingerprint density at radius 2 is 1.60 bits per heavy atom. The van der Waals surface area contributed by atoms with Gasteiger partial charge in [-0.05, 0) is 36.4 Å². The van der Waals surface area contributed by atoms with Gasteiger partial charge in [0.05, 0.1) is 11.3 Å². The maximum absolute atomic E-state index is 13.4. The minimum atomic E-state index is -1.03. The smallest absolute Gasteiger partial charge is 0.176 e. The molecule has 0 N–H and O–H groups in total. The van der Waals surface area contributed by atoms with Gasteiger partial charge in [-0.15, -0.1) is 11.8 Å². The van der Waals surface area contributed by atoms with Crippen LogP contribution in [0, 0.1) is 23.3 Å². The summed E-state index contributed by atoms with van der Waals surface area (Å²) in [5, 5.41) is 0. The second-order valence-electron chi connectivity index (χ2n) is 3.91. The van der Waals surface area contributed by atoms with Crippen molar-refractivity contribution in [2.45, 2.75) is 4.90 Å². The van der Waals surface area contributed by atoms with Crippen LogP contribution in [0.4, 0.5) is 17.6 Å². The van der Waals surface area contributed by atoms with E-state index >= 15 is 0 Å². The van der Waals surface area contributed by atoms with E-state index in [4.69, 9.17) is 0 Å². The van der Waals surface area contributed by atoms with E-state index in [1.807, 2.05) is 0 Å². The van der Waals surface area contributed by atoms with Crippen molar-refractivity contribution in [1.82, 2.24) is 0 Å². The van der Waals surface area contributed by atoms with Gasteiger partial charge in [0.2, 0.25) is 0 Å². The van der Waals surface area contributed by atoms with Crippen molar-refractivity contribution >= 4 is 17.5 Å². The summed E-state index contributed by atoms with van der Waals surface area (Å²) in [6.45, 7) is 0. The minimum absolute atomic E-state index is 0.203. The molecular formula is C14H8F4OS. The molecule has 0 unspecified atom stereocenters. The summed E-state index contributed by atoms with van der Waals surface area (Å²) in [5.74, 6) is -4.38. The van der Waals surface area contributed by atoms with E-state index < -0.39 is 29.1 Å². The maximum Gasteiger partial charge on any atom is 0.176 e. The molecule has 0 saturated carbocycles. The highest BCUT2D eigenvalue weighted by atomic mass is 32.2. The Kier molecular flexibility index (Phi) is 4.44. The number of hydrogen-bond donors (Lipinski definition) is 0. The molecule has 2 rings (SSSR count). The normalized spacial score (nSPS) is 10.6. The highest BCUT2D eigenvalue weighted by Crippen LogP contribution is 2.22.